The number of aryl methyl sites for hydroxylation is 3. The van der Waals surface area contributed by atoms with E-state index in [0.29, 0.717) is 11.1 Å². The molecule has 0 saturated carbocycles. The third-order valence-corrected chi connectivity index (χ3v) is 5.90. The summed E-state index contributed by atoms with van der Waals surface area (Å²) >= 11 is 0. The van der Waals surface area contributed by atoms with Gasteiger partial charge in [-0.1, -0.05) is 23.8 Å². The van der Waals surface area contributed by atoms with Crippen molar-refractivity contribution >= 4 is 21.6 Å². The molecular weight excluding hydrogens is 393 g/mol. The number of amides is 1. The van der Waals surface area contributed by atoms with Crippen molar-refractivity contribution in [1.82, 2.24) is 4.72 Å². The number of carbonyl (C=O) groups excluding carboxylic acids is 1. The van der Waals surface area contributed by atoms with Gasteiger partial charge in [0.15, 0.2) is 0 Å². The molecule has 0 radical (unpaired) electrons. The molecular formula is C19H21F3N2O3S. The number of hydrogen-bond donors (Lipinski definition) is 2. The van der Waals surface area contributed by atoms with Crippen LogP contribution in [-0.4, -0.2) is 20.4 Å². The summed E-state index contributed by atoms with van der Waals surface area (Å²) in [5.74, 6) is -0.773. The molecule has 0 bridgehead atoms. The Balaban J connectivity index is 2.19. The van der Waals surface area contributed by atoms with E-state index in [1.165, 1.54) is 13.0 Å². The van der Waals surface area contributed by atoms with Gasteiger partial charge >= 0.3 is 6.18 Å². The Bertz CT molecular complexity index is 979. The number of alkyl halides is 3. The molecule has 0 aliphatic rings. The predicted molar refractivity (Wildman–Crippen MR) is 101 cm³/mol. The predicted octanol–water partition coefficient (Wildman–Crippen LogP) is 3.94. The summed E-state index contributed by atoms with van der Waals surface area (Å²) in [6.07, 6.45) is -4.55. The Morgan fingerprint density at radius 3 is 2.14 bits per heavy atom. The molecule has 0 fully saturated rings. The van der Waals surface area contributed by atoms with Crippen LogP contribution in [0.15, 0.2) is 41.3 Å². The number of hydrogen-bond acceptors (Lipinski definition) is 3. The molecule has 0 heterocycles. The Hall–Kier alpha value is -2.39. The van der Waals surface area contributed by atoms with Gasteiger partial charge in [0.2, 0.25) is 15.9 Å². The summed E-state index contributed by atoms with van der Waals surface area (Å²) in [6.45, 7) is 6.47. The van der Waals surface area contributed by atoms with E-state index < -0.39 is 33.7 Å². The van der Waals surface area contributed by atoms with E-state index in [4.69, 9.17) is 0 Å². The molecule has 0 aliphatic carbocycles. The molecule has 0 aromatic heterocycles. The highest BCUT2D eigenvalue weighted by molar-refractivity contribution is 7.89. The van der Waals surface area contributed by atoms with Gasteiger partial charge < -0.3 is 5.32 Å². The number of anilines is 1. The van der Waals surface area contributed by atoms with Gasteiger partial charge in [-0.3, -0.25) is 4.79 Å². The van der Waals surface area contributed by atoms with Crippen LogP contribution >= 0.6 is 0 Å². The second-order valence-electron chi connectivity index (χ2n) is 6.64. The maximum atomic E-state index is 12.8. The van der Waals surface area contributed by atoms with Gasteiger partial charge in [-0.05, 0) is 57.0 Å². The van der Waals surface area contributed by atoms with E-state index in [-0.39, 0.29) is 10.6 Å². The fourth-order valence-electron chi connectivity index (χ4n) is 2.96. The van der Waals surface area contributed by atoms with Crippen molar-refractivity contribution in [3.8, 4) is 0 Å². The molecule has 152 valence electrons. The molecule has 0 saturated heterocycles. The smallest absolute Gasteiger partial charge is 0.325 e. The number of benzene rings is 2. The molecule has 2 rings (SSSR count). The van der Waals surface area contributed by atoms with Crippen LogP contribution < -0.4 is 10.0 Å². The Kier molecular flexibility index (Phi) is 6.20. The van der Waals surface area contributed by atoms with Crippen LogP contribution in [0, 0.1) is 20.8 Å². The van der Waals surface area contributed by atoms with Crippen LogP contribution in [0.3, 0.4) is 0 Å². The monoisotopic (exact) mass is 414 g/mol. The van der Waals surface area contributed by atoms with E-state index in [2.05, 4.69) is 10.0 Å². The van der Waals surface area contributed by atoms with Gasteiger partial charge in [0.05, 0.1) is 16.5 Å². The van der Waals surface area contributed by atoms with E-state index in [1.54, 1.807) is 26.0 Å². The van der Waals surface area contributed by atoms with E-state index in [9.17, 15) is 26.4 Å². The zero-order valence-electron chi connectivity index (χ0n) is 15.8. The summed E-state index contributed by atoms with van der Waals surface area (Å²) in [4.78, 5) is 12.4. The summed E-state index contributed by atoms with van der Waals surface area (Å²) < 4.78 is 66.0. The maximum absolute atomic E-state index is 12.8. The van der Waals surface area contributed by atoms with Crippen LogP contribution in [0.1, 0.15) is 29.2 Å². The van der Waals surface area contributed by atoms with Crippen LogP contribution in [-0.2, 0) is 21.0 Å². The Labute approximate surface area is 162 Å². The summed E-state index contributed by atoms with van der Waals surface area (Å²) in [6, 6.07) is 6.36. The molecule has 1 unspecified atom stereocenters. The molecule has 2 N–H and O–H groups in total. The van der Waals surface area contributed by atoms with Crippen molar-refractivity contribution in [3.05, 3.63) is 58.7 Å². The lowest BCUT2D eigenvalue weighted by atomic mass is 10.1. The van der Waals surface area contributed by atoms with Gasteiger partial charge in [-0.2, -0.15) is 17.9 Å². The molecule has 9 heteroatoms. The fraction of sp³-hybridized carbons (Fsp3) is 0.316. The fourth-order valence-corrected chi connectivity index (χ4v) is 4.62. The number of carbonyl (C=O) groups is 1. The second-order valence-corrected chi connectivity index (χ2v) is 8.29. The molecule has 28 heavy (non-hydrogen) atoms. The highest BCUT2D eigenvalue weighted by atomic mass is 32.2. The highest BCUT2D eigenvalue weighted by Crippen LogP contribution is 2.30. The molecule has 5 nitrogen and oxygen atoms in total. The zero-order chi connectivity index (χ0) is 21.3. The van der Waals surface area contributed by atoms with E-state index in [1.807, 2.05) is 6.92 Å². The van der Waals surface area contributed by atoms with Crippen molar-refractivity contribution in [2.45, 2.75) is 44.8 Å². The van der Waals surface area contributed by atoms with Crippen LogP contribution in [0.2, 0.25) is 0 Å². The zero-order valence-corrected chi connectivity index (χ0v) is 16.6. The topological polar surface area (TPSA) is 75.3 Å². The SMILES string of the molecule is Cc1cc(C)c(S(=O)(=O)NC(C)C(=O)Nc2cccc(C(F)(F)F)c2)c(C)c1. The average Bonchev–Trinajstić information content (AvgIpc) is 2.52. The molecule has 2 aromatic carbocycles. The molecule has 1 amide bonds. The lowest BCUT2D eigenvalue weighted by Gasteiger charge is -2.18. The first-order chi connectivity index (χ1) is 12.8. The van der Waals surface area contributed by atoms with Gasteiger partial charge in [0, 0.05) is 5.69 Å². The maximum Gasteiger partial charge on any atom is 0.416 e. The first kappa shape index (κ1) is 21.9. The third kappa shape index (κ3) is 5.11. The minimum Gasteiger partial charge on any atom is -0.325 e. The summed E-state index contributed by atoms with van der Waals surface area (Å²) in [5.41, 5.74) is 0.994. The number of rotatable bonds is 5. The number of halogens is 3. The number of sulfonamides is 1. The first-order valence-corrected chi connectivity index (χ1v) is 9.88. The molecule has 1 atom stereocenters. The molecule has 0 aliphatic heterocycles. The van der Waals surface area contributed by atoms with Crippen molar-refractivity contribution in [1.29, 1.82) is 0 Å². The normalized spacial score (nSPS) is 13.2. The standard InChI is InChI=1S/C19H21F3N2O3S/c1-11-8-12(2)17(13(3)9-11)28(26,27)24-14(4)18(25)23-16-7-5-6-15(10-16)19(20,21)22/h5-10,14,24H,1-4H3,(H,23,25). The van der Waals surface area contributed by atoms with Gasteiger partial charge in [0.1, 0.15) is 0 Å². The Morgan fingerprint density at radius 1 is 1.04 bits per heavy atom. The molecule has 2 aromatic rings. The van der Waals surface area contributed by atoms with Crippen molar-refractivity contribution in [3.63, 3.8) is 0 Å². The highest BCUT2D eigenvalue weighted by Gasteiger charge is 2.31. The minimum absolute atomic E-state index is 0.0754. The van der Waals surface area contributed by atoms with Crippen LogP contribution in [0.25, 0.3) is 0 Å². The largest absolute Gasteiger partial charge is 0.416 e. The van der Waals surface area contributed by atoms with Crippen LogP contribution in [0.4, 0.5) is 18.9 Å². The lowest BCUT2D eigenvalue weighted by Crippen LogP contribution is -2.42. The Morgan fingerprint density at radius 2 is 1.61 bits per heavy atom. The number of nitrogens with one attached hydrogen (secondary N) is 2. The minimum atomic E-state index is -4.55. The van der Waals surface area contributed by atoms with Crippen LogP contribution in [0.5, 0.6) is 0 Å². The van der Waals surface area contributed by atoms with Crippen molar-refractivity contribution < 1.29 is 26.4 Å². The van der Waals surface area contributed by atoms with Crippen molar-refractivity contribution in [2.75, 3.05) is 5.32 Å². The quantitative estimate of drug-likeness (QED) is 0.778. The molecule has 0 spiro atoms. The van der Waals surface area contributed by atoms with E-state index >= 15 is 0 Å². The average molecular weight is 414 g/mol. The van der Waals surface area contributed by atoms with Crippen molar-refractivity contribution in [2.24, 2.45) is 0 Å². The lowest BCUT2D eigenvalue weighted by molar-refractivity contribution is -0.137. The van der Waals surface area contributed by atoms with Gasteiger partial charge in [-0.15, -0.1) is 0 Å². The van der Waals surface area contributed by atoms with Gasteiger partial charge in [-0.25, -0.2) is 8.42 Å². The van der Waals surface area contributed by atoms with Gasteiger partial charge in [0.25, 0.3) is 0 Å². The summed E-state index contributed by atoms with van der Waals surface area (Å²) in [5, 5.41) is 2.30. The second kappa shape index (κ2) is 7.92. The van der Waals surface area contributed by atoms with E-state index in [0.717, 1.165) is 23.8 Å². The summed E-state index contributed by atoms with van der Waals surface area (Å²) in [7, 11) is -4.00. The first-order valence-electron chi connectivity index (χ1n) is 8.39. The third-order valence-electron chi connectivity index (χ3n) is 4.06.